The lowest BCUT2D eigenvalue weighted by molar-refractivity contribution is 0.0976. The van der Waals surface area contributed by atoms with Crippen LogP contribution < -0.4 is 10.6 Å². The largest absolute Gasteiger partial charge is 0.321 e. The number of hydrogen-bond donors (Lipinski definition) is 2. The first-order valence-corrected chi connectivity index (χ1v) is 12.4. The molecule has 0 unspecified atom stereocenters. The second-order valence-corrected chi connectivity index (χ2v) is 9.70. The minimum Gasteiger partial charge on any atom is -0.321 e. The molecule has 1 aliphatic carbocycles. The van der Waals surface area contributed by atoms with Crippen molar-refractivity contribution >= 4 is 66.6 Å². The SMILES string of the molecule is O=C(Nc1ccc(Br)c2c1C(=O)c1c(Br)ccc(NC(=O)c3ccccc3)c1C2=O)c1ccccc1. The Hall–Kier alpha value is -3.88. The van der Waals surface area contributed by atoms with E-state index in [0.717, 1.165) is 0 Å². The van der Waals surface area contributed by atoms with Gasteiger partial charge in [0.05, 0.1) is 33.6 Å². The van der Waals surface area contributed by atoms with E-state index in [-0.39, 0.29) is 33.6 Å². The molecular weight excluding hydrogens is 588 g/mol. The van der Waals surface area contributed by atoms with Crippen molar-refractivity contribution in [3.05, 3.63) is 127 Å². The predicted molar refractivity (Wildman–Crippen MR) is 144 cm³/mol. The zero-order valence-corrected chi connectivity index (χ0v) is 21.6. The lowest BCUT2D eigenvalue weighted by atomic mass is 9.82. The van der Waals surface area contributed by atoms with Gasteiger partial charge in [-0.2, -0.15) is 0 Å². The molecule has 0 bridgehead atoms. The topological polar surface area (TPSA) is 92.3 Å². The summed E-state index contributed by atoms with van der Waals surface area (Å²) in [7, 11) is 0. The van der Waals surface area contributed by atoms with Crippen LogP contribution in [-0.4, -0.2) is 23.4 Å². The molecule has 2 N–H and O–H groups in total. The number of anilines is 2. The molecule has 0 radical (unpaired) electrons. The second kappa shape index (κ2) is 9.64. The van der Waals surface area contributed by atoms with Crippen LogP contribution in [0.3, 0.4) is 0 Å². The van der Waals surface area contributed by atoms with Gasteiger partial charge in [-0.15, -0.1) is 0 Å². The summed E-state index contributed by atoms with van der Waals surface area (Å²) >= 11 is 6.79. The first-order chi connectivity index (χ1) is 17.4. The van der Waals surface area contributed by atoms with Crippen LogP contribution in [0.4, 0.5) is 11.4 Å². The van der Waals surface area contributed by atoms with Crippen LogP contribution in [0.15, 0.2) is 93.9 Å². The van der Waals surface area contributed by atoms with Crippen LogP contribution in [0.1, 0.15) is 52.6 Å². The van der Waals surface area contributed by atoms with Gasteiger partial charge in [-0.3, -0.25) is 19.2 Å². The van der Waals surface area contributed by atoms with Crippen molar-refractivity contribution in [3.63, 3.8) is 0 Å². The molecular formula is C28H16Br2N2O4. The average Bonchev–Trinajstić information content (AvgIpc) is 2.90. The van der Waals surface area contributed by atoms with Crippen molar-refractivity contribution < 1.29 is 19.2 Å². The minimum absolute atomic E-state index is 0.0818. The molecule has 0 saturated carbocycles. The highest BCUT2D eigenvalue weighted by Crippen LogP contribution is 2.41. The maximum Gasteiger partial charge on any atom is 0.255 e. The first kappa shape index (κ1) is 23.8. The number of ketones is 2. The van der Waals surface area contributed by atoms with E-state index in [9.17, 15) is 19.2 Å². The van der Waals surface area contributed by atoms with E-state index in [1.807, 2.05) is 0 Å². The number of rotatable bonds is 4. The molecule has 176 valence electrons. The Kier molecular flexibility index (Phi) is 6.38. The van der Waals surface area contributed by atoms with E-state index in [2.05, 4.69) is 42.5 Å². The Morgan fingerprint density at radius 2 is 0.861 bits per heavy atom. The van der Waals surface area contributed by atoms with Gasteiger partial charge in [0.1, 0.15) is 0 Å². The third-order valence-electron chi connectivity index (χ3n) is 5.79. The van der Waals surface area contributed by atoms with Gasteiger partial charge in [-0.1, -0.05) is 68.3 Å². The van der Waals surface area contributed by atoms with Crippen molar-refractivity contribution in [2.45, 2.75) is 0 Å². The lowest BCUT2D eigenvalue weighted by Gasteiger charge is -2.24. The molecule has 1 aliphatic rings. The Balaban J connectivity index is 1.59. The molecule has 36 heavy (non-hydrogen) atoms. The molecule has 6 nitrogen and oxygen atoms in total. The van der Waals surface area contributed by atoms with Crippen molar-refractivity contribution in [2.24, 2.45) is 0 Å². The normalized spacial score (nSPS) is 11.9. The fourth-order valence-corrected chi connectivity index (χ4v) is 5.12. The highest BCUT2D eigenvalue weighted by molar-refractivity contribution is 9.10. The van der Waals surface area contributed by atoms with Gasteiger partial charge in [0, 0.05) is 20.1 Å². The van der Waals surface area contributed by atoms with E-state index in [4.69, 9.17) is 0 Å². The summed E-state index contributed by atoms with van der Waals surface area (Å²) in [6, 6.07) is 23.5. The molecule has 0 saturated heterocycles. The van der Waals surface area contributed by atoms with Crippen LogP contribution in [0.25, 0.3) is 0 Å². The summed E-state index contributed by atoms with van der Waals surface area (Å²) in [6.45, 7) is 0. The predicted octanol–water partition coefficient (Wildman–Crippen LogP) is 6.49. The summed E-state index contributed by atoms with van der Waals surface area (Å²) in [4.78, 5) is 53.3. The van der Waals surface area contributed by atoms with Crippen LogP contribution in [0.2, 0.25) is 0 Å². The number of amides is 2. The Morgan fingerprint density at radius 1 is 0.500 bits per heavy atom. The molecule has 8 heteroatoms. The quantitative estimate of drug-likeness (QED) is 0.245. The molecule has 4 aromatic carbocycles. The standard InChI is InChI=1S/C28H16Br2N2O4/c29-17-11-13-19(31-27(35)15-7-3-1-4-8-15)23-21(17)26(34)24-20(14-12-18(30)22(24)25(23)33)32-28(36)16-9-5-2-6-10-16/h1-14H,(H,31,35)(H,32,36). The van der Waals surface area contributed by atoms with E-state index in [0.29, 0.717) is 20.1 Å². The van der Waals surface area contributed by atoms with Crippen LogP contribution in [0.5, 0.6) is 0 Å². The van der Waals surface area contributed by atoms with Gasteiger partial charge in [-0.25, -0.2) is 0 Å². The molecule has 0 aliphatic heterocycles. The van der Waals surface area contributed by atoms with Gasteiger partial charge >= 0.3 is 0 Å². The van der Waals surface area contributed by atoms with Gasteiger partial charge in [0.25, 0.3) is 11.8 Å². The van der Waals surface area contributed by atoms with Crippen LogP contribution >= 0.6 is 31.9 Å². The first-order valence-electron chi connectivity index (χ1n) is 10.8. The maximum absolute atomic E-state index is 13.8. The number of carbonyl (C=O) groups is 4. The highest BCUT2D eigenvalue weighted by atomic mass is 79.9. The minimum atomic E-state index is -0.452. The maximum atomic E-state index is 13.8. The molecule has 0 heterocycles. The van der Waals surface area contributed by atoms with Crippen LogP contribution in [-0.2, 0) is 0 Å². The number of nitrogens with one attached hydrogen (secondary N) is 2. The smallest absolute Gasteiger partial charge is 0.255 e. The van der Waals surface area contributed by atoms with E-state index >= 15 is 0 Å². The van der Waals surface area contributed by atoms with E-state index < -0.39 is 23.4 Å². The van der Waals surface area contributed by atoms with Crippen molar-refractivity contribution in [1.29, 1.82) is 0 Å². The third-order valence-corrected chi connectivity index (χ3v) is 7.11. The number of carbonyl (C=O) groups excluding carboxylic acids is 4. The summed E-state index contributed by atoms with van der Waals surface area (Å²) in [5, 5.41) is 5.53. The molecule has 0 atom stereocenters. The molecule has 0 aromatic heterocycles. The fraction of sp³-hybridized carbons (Fsp3) is 0. The van der Waals surface area contributed by atoms with E-state index in [1.54, 1.807) is 84.9 Å². The highest BCUT2D eigenvalue weighted by Gasteiger charge is 2.37. The fourth-order valence-electron chi connectivity index (χ4n) is 4.10. The number of hydrogen-bond acceptors (Lipinski definition) is 4. The number of halogens is 2. The van der Waals surface area contributed by atoms with Crippen molar-refractivity contribution in [2.75, 3.05) is 10.6 Å². The number of fused-ring (bicyclic) bond motifs is 2. The summed E-state index contributed by atoms with van der Waals surface area (Å²) in [5.41, 5.74) is 1.66. The van der Waals surface area contributed by atoms with Gasteiger partial charge in [-0.05, 0) is 48.5 Å². The average molecular weight is 604 g/mol. The summed E-state index contributed by atoms with van der Waals surface area (Å²) in [6.07, 6.45) is 0. The zero-order chi connectivity index (χ0) is 25.4. The third kappa shape index (κ3) is 4.19. The van der Waals surface area contributed by atoms with Gasteiger partial charge in [0.2, 0.25) is 0 Å². The van der Waals surface area contributed by atoms with E-state index in [1.165, 1.54) is 0 Å². The Bertz CT molecular complexity index is 1450. The van der Waals surface area contributed by atoms with Gasteiger partial charge < -0.3 is 10.6 Å². The molecule has 2 amide bonds. The van der Waals surface area contributed by atoms with Crippen molar-refractivity contribution in [1.82, 2.24) is 0 Å². The number of benzene rings is 4. The van der Waals surface area contributed by atoms with Crippen LogP contribution in [0, 0.1) is 0 Å². The molecule has 4 aromatic rings. The summed E-state index contributed by atoms with van der Waals surface area (Å²) in [5.74, 6) is -1.72. The monoisotopic (exact) mass is 602 g/mol. The van der Waals surface area contributed by atoms with Gasteiger partial charge in [0.15, 0.2) is 11.6 Å². The Labute approximate surface area is 223 Å². The molecule has 0 fully saturated rings. The lowest BCUT2D eigenvalue weighted by Crippen LogP contribution is -2.27. The molecule has 0 spiro atoms. The Morgan fingerprint density at radius 3 is 1.22 bits per heavy atom. The second-order valence-electron chi connectivity index (χ2n) is 7.99. The zero-order valence-electron chi connectivity index (χ0n) is 18.5. The molecule has 5 rings (SSSR count). The summed E-state index contributed by atoms with van der Waals surface area (Å²) < 4.78 is 0.805. The van der Waals surface area contributed by atoms with Crippen molar-refractivity contribution in [3.8, 4) is 0 Å².